The molecule has 0 bridgehead atoms. The van der Waals surface area contributed by atoms with E-state index in [0.29, 0.717) is 5.56 Å². The summed E-state index contributed by atoms with van der Waals surface area (Å²) in [5.74, 6) is -0.379. The van der Waals surface area contributed by atoms with Gasteiger partial charge < -0.3 is 0 Å². The number of hydrogen-bond acceptors (Lipinski definition) is 0. The molecule has 0 aliphatic rings. The second kappa shape index (κ2) is 10.9. The van der Waals surface area contributed by atoms with E-state index in [0.717, 1.165) is 0 Å². The summed E-state index contributed by atoms with van der Waals surface area (Å²) >= 11 is 0. The van der Waals surface area contributed by atoms with Crippen molar-refractivity contribution >= 4 is 5.83 Å². The molecule has 0 saturated carbocycles. The first-order chi connectivity index (χ1) is 6.30. The molecule has 0 heterocycles. The first kappa shape index (κ1) is 14.4. The summed E-state index contributed by atoms with van der Waals surface area (Å²) in [7, 11) is 0. The highest BCUT2D eigenvalue weighted by Gasteiger charge is 1.90. The first-order valence-corrected chi connectivity index (χ1v) is 4.70. The van der Waals surface area contributed by atoms with Gasteiger partial charge in [0.25, 0.3) is 0 Å². The van der Waals surface area contributed by atoms with Crippen molar-refractivity contribution in [1.82, 2.24) is 0 Å². The molecule has 0 aromatic heterocycles. The third-order valence-corrected chi connectivity index (χ3v) is 1.09. The molecule has 0 amide bonds. The van der Waals surface area contributed by atoms with Gasteiger partial charge in [-0.2, -0.15) is 0 Å². The average Bonchev–Trinajstić information content (AvgIpc) is 2.25. The second-order valence-corrected chi connectivity index (χ2v) is 1.77. The maximum absolute atomic E-state index is 12.2. The molecular formula is C12H19F. The van der Waals surface area contributed by atoms with Crippen LogP contribution < -0.4 is 0 Å². The lowest BCUT2D eigenvalue weighted by Crippen LogP contribution is -1.71. The molecule has 1 aromatic rings. The fourth-order valence-corrected chi connectivity index (χ4v) is 0.619. The molecule has 1 heteroatoms. The van der Waals surface area contributed by atoms with Gasteiger partial charge in [-0.15, -0.1) is 0 Å². The summed E-state index contributed by atoms with van der Waals surface area (Å²) in [5.41, 5.74) is 0.553. The highest BCUT2D eigenvalue weighted by molar-refractivity contribution is 5.55. The van der Waals surface area contributed by atoms with E-state index in [1.807, 2.05) is 33.8 Å². The average molecular weight is 182 g/mol. The van der Waals surface area contributed by atoms with E-state index in [4.69, 9.17) is 0 Å². The monoisotopic (exact) mass is 182 g/mol. The molecule has 0 radical (unpaired) electrons. The Hall–Kier alpha value is -1.11. The molecule has 13 heavy (non-hydrogen) atoms. The van der Waals surface area contributed by atoms with E-state index in [-0.39, 0.29) is 5.83 Å². The van der Waals surface area contributed by atoms with Crippen LogP contribution >= 0.6 is 0 Å². The van der Waals surface area contributed by atoms with Gasteiger partial charge in [0.05, 0.1) is 0 Å². The van der Waals surface area contributed by atoms with E-state index in [2.05, 4.69) is 6.58 Å². The number of hydrogen-bond donors (Lipinski definition) is 0. The molecule has 0 nitrogen and oxygen atoms in total. The van der Waals surface area contributed by atoms with E-state index >= 15 is 0 Å². The Morgan fingerprint density at radius 2 is 1.38 bits per heavy atom. The van der Waals surface area contributed by atoms with Crippen molar-refractivity contribution < 1.29 is 4.39 Å². The minimum atomic E-state index is -0.379. The minimum absolute atomic E-state index is 0.379. The van der Waals surface area contributed by atoms with Crippen LogP contribution in [0.4, 0.5) is 4.39 Å². The van der Waals surface area contributed by atoms with Crippen LogP contribution in [-0.4, -0.2) is 0 Å². The third-order valence-electron chi connectivity index (χ3n) is 1.09. The van der Waals surface area contributed by atoms with E-state index in [1.165, 1.54) is 0 Å². The molecule has 0 unspecified atom stereocenters. The van der Waals surface area contributed by atoms with Crippen LogP contribution in [-0.2, 0) is 0 Å². The summed E-state index contributed by atoms with van der Waals surface area (Å²) < 4.78 is 12.2. The van der Waals surface area contributed by atoms with Crippen LogP contribution in [0.15, 0.2) is 36.9 Å². The Kier molecular flexibility index (Phi) is 12.1. The highest BCUT2D eigenvalue weighted by Crippen LogP contribution is 2.10. The third kappa shape index (κ3) is 7.26. The standard InChI is InChI=1S/C8H7F.2C2H6/c1-7(9)8-5-3-2-4-6-8;2*1-2/h2-6H,1H2;2*1-2H3. The molecule has 0 N–H and O–H groups in total. The van der Waals surface area contributed by atoms with Crippen molar-refractivity contribution in [2.24, 2.45) is 0 Å². The van der Waals surface area contributed by atoms with Crippen LogP contribution in [0.1, 0.15) is 33.3 Å². The largest absolute Gasteiger partial charge is 0.207 e. The fraction of sp³-hybridized carbons (Fsp3) is 0.333. The van der Waals surface area contributed by atoms with Gasteiger partial charge >= 0.3 is 0 Å². The van der Waals surface area contributed by atoms with Gasteiger partial charge in [0, 0.05) is 5.56 Å². The Morgan fingerprint density at radius 3 is 1.62 bits per heavy atom. The Labute approximate surface area is 81.1 Å². The summed E-state index contributed by atoms with van der Waals surface area (Å²) in [5, 5.41) is 0. The summed E-state index contributed by atoms with van der Waals surface area (Å²) in [6.45, 7) is 11.2. The maximum Gasteiger partial charge on any atom is 0.123 e. The van der Waals surface area contributed by atoms with Gasteiger partial charge in [-0.1, -0.05) is 64.6 Å². The highest BCUT2D eigenvalue weighted by atomic mass is 19.1. The predicted molar refractivity (Wildman–Crippen MR) is 59.3 cm³/mol. The van der Waals surface area contributed by atoms with Gasteiger partial charge in [-0.05, 0) is 0 Å². The smallest absolute Gasteiger partial charge is 0.123 e. The molecule has 0 spiro atoms. The van der Waals surface area contributed by atoms with Crippen LogP contribution in [0.3, 0.4) is 0 Å². The number of halogens is 1. The minimum Gasteiger partial charge on any atom is -0.207 e. The van der Waals surface area contributed by atoms with Crippen molar-refractivity contribution in [1.29, 1.82) is 0 Å². The zero-order chi connectivity index (χ0) is 10.7. The number of rotatable bonds is 1. The lowest BCUT2D eigenvalue weighted by molar-refractivity contribution is 0.763. The van der Waals surface area contributed by atoms with E-state index in [1.54, 1.807) is 24.3 Å². The topological polar surface area (TPSA) is 0 Å². The van der Waals surface area contributed by atoms with Crippen molar-refractivity contribution in [3.8, 4) is 0 Å². The van der Waals surface area contributed by atoms with Crippen LogP contribution in [0.2, 0.25) is 0 Å². The lowest BCUT2D eigenvalue weighted by atomic mass is 10.2. The fourth-order valence-electron chi connectivity index (χ4n) is 0.619. The van der Waals surface area contributed by atoms with Gasteiger partial charge in [-0.3, -0.25) is 0 Å². The SMILES string of the molecule is C=C(F)c1ccccc1.CC.CC. The summed E-state index contributed by atoms with van der Waals surface area (Å²) in [6.07, 6.45) is 0. The molecule has 0 aliphatic carbocycles. The molecular weight excluding hydrogens is 163 g/mol. The van der Waals surface area contributed by atoms with E-state index < -0.39 is 0 Å². The zero-order valence-electron chi connectivity index (χ0n) is 8.97. The first-order valence-electron chi connectivity index (χ1n) is 4.70. The predicted octanol–water partition coefficient (Wildman–Crippen LogP) is 4.68. The normalized spacial score (nSPS) is 7.15. The maximum atomic E-state index is 12.2. The van der Waals surface area contributed by atoms with Crippen LogP contribution in [0, 0.1) is 0 Å². The molecule has 1 rings (SSSR count). The van der Waals surface area contributed by atoms with E-state index in [9.17, 15) is 4.39 Å². The summed E-state index contributed by atoms with van der Waals surface area (Å²) in [6, 6.07) is 8.76. The molecule has 1 aromatic carbocycles. The Balaban J connectivity index is 0. The van der Waals surface area contributed by atoms with Crippen molar-refractivity contribution in [2.45, 2.75) is 27.7 Å². The summed E-state index contributed by atoms with van der Waals surface area (Å²) in [4.78, 5) is 0. The van der Waals surface area contributed by atoms with Crippen LogP contribution in [0.25, 0.3) is 5.83 Å². The van der Waals surface area contributed by atoms with Gasteiger partial charge in [0.1, 0.15) is 5.83 Å². The molecule has 0 fully saturated rings. The van der Waals surface area contributed by atoms with Crippen molar-refractivity contribution in [2.75, 3.05) is 0 Å². The molecule has 0 aliphatic heterocycles. The molecule has 0 saturated heterocycles. The van der Waals surface area contributed by atoms with Gasteiger partial charge in [-0.25, -0.2) is 4.39 Å². The zero-order valence-corrected chi connectivity index (χ0v) is 8.97. The van der Waals surface area contributed by atoms with Crippen LogP contribution in [0.5, 0.6) is 0 Å². The quantitative estimate of drug-likeness (QED) is 0.591. The number of benzene rings is 1. The molecule has 74 valence electrons. The lowest BCUT2D eigenvalue weighted by Gasteiger charge is -1.90. The Morgan fingerprint density at radius 1 is 1.00 bits per heavy atom. The Bertz CT molecular complexity index is 202. The van der Waals surface area contributed by atoms with Gasteiger partial charge in [0.15, 0.2) is 0 Å². The molecule has 0 atom stereocenters. The van der Waals surface area contributed by atoms with Gasteiger partial charge in [0.2, 0.25) is 0 Å². The van der Waals surface area contributed by atoms with Crippen molar-refractivity contribution in [3.05, 3.63) is 42.5 Å². The second-order valence-electron chi connectivity index (χ2n) is 1.77. The van der Waals surface area contributed by atoms with Crippen molar-refractivity contribution in [3.63, 3.8) is 0 Å².